The number of carboxylic acid groups (broad SMARTS) is 1. The van der Waals surface area contributed by atoms with Crippen LogP contribution in [0.1, 0.15) is 221 Å². The van der Waals surface area contributed by atoms with E-state index in [2.05, 4.69) is 23.7 Å². The zero-order valence-corrected chi connectivity index (χ0v) is 50.0. The van der Waals surface area contributed by atoms with Crippen molar-refractivity contribution < 1.29 is 87.2 Å². The lowest BCUT2D eigenvalue weighted by atomic mass is 9.88. The number of nitrogens with zero attached hydrogens (tertiary/aromatic N) is 1. The van der Waals surface area contributed by atoms with Crippen LogP contribution in [0.5, 0.6) is 0 Å². The molecule has 1 rings (SSSR count). The summed E-state index contributed by atoms with van der Waals surface area (Å²) in [7, 11) is -2.44. The fraction of sp³-hybridized carbons (Fsp3) is 0.893. The number of unbranched alkanes of at least 4 members (excludes halogenated alkanes) is 24. The minimum Gasteiger partial charge on any atom is -0.480 e. The van der Waals surface area contributed by atoms with E-state index < -0.39 is 137 Å². The molecule has 0 aromatic carbocycles. The number of rotatable bonds is 48. The molecule has 0 radical (unpaired) electrons. The number of aliphatic hydroxyl groups excluding tert-OH is 4. The van der Waals surface area contributed by atoms with E-state index in [0.717, 1.165) is 69.6 Å². The number of hydrogen-bond acceptors (Lipinski definition) is 18. The molecule has 0 bridgehead atoms. The molecule has 4 unspecified atom stereocenters. The zero-order chi connectivity index (χ0) is 60.3. The van der Waals surface area contributed by atoms with Crippen molar-refractivity contribution in [1.82, 2.24) is 10.2 Å². The van der Waals surface area contributed by atoms with Crippen LogP contribution in [-0.4, -0.2) is 165 Å². The number of carboxylic acids is 1. The third-order valence-electron chi connectivity index (χ3n) is 14.2. The number of aliphatic hydroxyl groups is 4. The molecule has 13 N–H and O–H groups in total. The molecule has 23 nitrogen and oxygen atoms in total. The van der Waals surface area contributed by atoms with Gasteiger partial charge in [0.15, 0.2) is 18.5 Å². The zero-order valence-electron chi connectivity index (χ0n) is 49.1. The summed E-state index contributed by atoms with van der Waals surface area (Å²) in [6.45, 7) is 6.40. The van der Waals surface area contributed by atoms with Crippen LogP contribution in [0.4, 0.5) is 0 Å². The number of carbonyl (C=O) groups excluding carboxylic acids is 5. The third-order valence-corrected chi connectivity index (χ3v) is 14.6. The van der Waals surface area contributed by atoms with Crippen molar-refractivity contribution in [3.05, 3.63) is 0 Å². The summed E-state index contributed by atoms with van der Waals surface area (Å²) in [6, 6.07) is -4.54. The minimum atomic E-state index is -2.44. The Bertz CT molecular complexity index is 1690. The van der Waals surface area contributed by atoms with Gasteiger partial charge in [0.25, 0.3) is 0 Å². The van der Waals surface area contributed by atoms with Crippen LogP contribution in [0, 0.1) is 5.92 Å². The van der Waals surface area contributed by atoms with Gasteiger partial charge >= 0.3 is 26.2 Å². The highest BCUT2D eigenvalue weighted by Crippen LogP contribution is 2.28. The molecule has 24 heteroatoms. The Hall–Kier alpha value is -3.48. The van der Waals surface area contributed by atoms with E-state index in [1.165, 1.54) is 104 Å². The van der Waals surface area contributed by atoms with Crippen LogP contribution in [0.15, 0.2) is 0 Å². The van der Waals surface area contributed by atoms with Gasteiger partial charge in [-0.3, -0.25) is 24.0 Å². The molecule has 12 atom stereocenters. The Balaban J connectivity index is 0.00000830. The molecule has 1 fully saturated rings. The number of hydrogen-bond donors (Lipinski definition) is 10. The van der Waals surface area contributed by atoms with E-state index in [0.29, 0.717) is 19.3 Å². The molecule has 1 aliphatic heterocycles. The monoisotopic (exact) mass is 1170 g/mol. The molecular formula is C56H107N5O18P+. The van der Waals surface area contributed by atoms with E-state index in [9.17, 15) is 54.1 Å². The van der Waals surface area contributed by atoms with Gasteiger partial charge < -0.3 is 71.9 Å². The summed E-state index contributed by atoms with van der Waals surface area (Å²) in [5, 5.41) is 55.2. The van der Waals surface area contributed by atoms with E-state index in [1.54, 1.807) is 0 Å². The molecule has 0 saturated carbocycles. The number of amides is 3. The van der Waals surface area contributed by atoms with Crippen molar-refractivity contribution in [2.45, 2.75) is 282 Å². The van der Waals surface area contributed by atoms with E-state index in [-0.39, 0.29) is 26.0 Å². The Morgan fingerprint density at radius 1 is 0.713 bits per heavy atom. The first-order valence-corrected chi connectivity index (χ1v) is 31.0. The Labute approximate surface area is 477 Å². The molecule has 0 aliphatic carbocycles. The quantitative estimate of drug-likeness (QED) is 0.0194. The smallest absolute Gasteiger partial charge is 0.480 e. The Morgan fingerprint density at radius 2 is 1.15 bits per heavy atom. The average molecular weight is 1170 g/mol. The molecule has 0 aromatic rings. The summed E-state index contributed by atoms with van der Waals surface area (Å²) in [5.74, 6) is -7.40. The highest BCUT2D eigenvalue weighted by Gasteiger charge is 2.48. The molecule has 1 saturated heterocycles. The van der Waals surface area contributed by atoms with Gasteiger partial charge in [-0.2, -0.15) is 0 Å². The van der Waals surface area contributed by atoms with Gasteiger partial charge in [-0.05, 0) is 33.1 Å². The van der Waals surface area contributed by atoms with Crippen LogP contribution in [0.3, 0.4) is 0 Å². The minimum absolute atomic E-state index is 0.0340. The van der Waals surface area contributed by atoms with Crippen molar-refractivity contribution in [3.8, 4) is 0 Å². The first-order valence-electron chi connectivity index (χ1n) is 29.8. The molecule has 0 aromatic heterocycles. The van der Waals surface area contributed by atoms with Crippen LogP contribution < -0.4 is 22.5 Å². The normalized spacial score (nSPS) is 19.5. The summed E-state index contributed by atoms with van der Waals surface area (Å²) >= 11 is 0. The number of esters is 2. The number of nitrogens with one attached hydrogen (secondary N) is 1. The highest BCUT2D eigenvalue weighted by atomic mass is 31.1. The fourth-order valence-corrected chi connectivity index (χ4v) is 9.80. The van der Waals surface area contributed by atoms with Gasteiger partial charge in [0, 0.05) is 37.4 Å². The molecule has 0 spiro atoms. The molecule has 80 heavy (non-hydrogen) atoms. The lowest BCUT2D eigenvalue weighted by Gasteiger charge is -2.44. The SMILES string of the molecule is CCCCCCCCCCCCCCCC(=O)OC(C(C[C@H](N)C(N)=O)C(=O)N(CC(C)O[C@H]1[C@H](O)[C@@H](CO)O[C@H](O)[C@@H]1NC(C)=O)[C@@H](C)C(=O)O)[C@H](CO)OC(=O)CCCCCCCCCCCCCCC.NCCO[P+](=O)O. The van der Waals surface area contributed by atoms with Gasteiger partial charge in [-0.25, -0.2) is 4.79 Å². The molecule has 1 aliphatic rings. The second-order valence-corrected chi connectivity index (χ2v) is 22.0. The second-order valence-electron chi connectivity index (χ2n) is 21.2. The second kappa shape index (κ2) is 48.0. The molecule has 1 heterocycles. The van der Waals surface area contributed by atoms with Gasteiger partial charge in [0.05, 0.1) is 31.3 Å². The number of ether oxygens (including phenoxy) is 4. The van der Waals surface area contributed by atoms with Crippen molar-refractivity contribution in [2.24, 2.45) is 23.1 Å². The molecule has 3 amide bonds. The highest BCUT2D eigenvalue weighted by molar-refractivity contribution is 7.32. The summed E-state index contributed by atoms with van der Waals surface area (Å²) in [4.78, 5) is 88.2. The predicted octanol–water partition coefficient (Wildman–Crippen LogP) is 5.85. The van der Waals surface area contributed by atoms with E-state index in [1.807, 2.05) is 0 Å². The topological polar surface area (TPSA) is 380 Å². The van der Waals surface area contributed by atoms with Crippen LogP contribution in [0.25, 0.3) is 0 Å². The lowest BCUT2D eigenvalue weighted by molar-refractivity contribution is -0.268. The van der Waals surface area contributed by atoms with Crippen molar-refractivity contribution >= 4 is 43.9 Å². The van der Waals surface area contributed by atoms with Gasteiger partial charge in [-0.15, -0.1) is 9.42 Å². The van der Waals surface area contributed by atoms with Crippen molar-refractivity contribution in [1.29, 1.82) is 0 Å². The van der Waals surface area contributed by atoms with Gasteiger partial charge in [-0.1, -0.05) is 168 Å². The Morgan fingerprint density at radius 3 is 1.51 bits per heavy atom. The molecular weight excluding hydrogens is 1060 g/mol. The van der Waals surface area contributed by atoms with Crippen LogP contribution in [-0.2, 0) is 56.8 Å². The summed E-state index contributed by atoms with van der Waals surface area (Å²) < 4.78 is 36.9. The summed E-state index contributed by atoms with van der Waals surface area (Å²) in [5.41, 5.74) is 16.7. The first kappa shape index (κ1) is 76.5. The maximum atomic E-state index is 15.0. The predicted molar refractivity (Wildman–Crippen MR) is 302 cm³/mol. The largest absolute Gasteiger partial charge is 0.694 e. The number of primary amides is 1. The number of nitrogens with two attached hydrogens (primary N) is 3. The maximum absolute atomic E-state index is 15.0. The van der Waals surface area contributed by atoms with Crippen molar-refractivity contribution in [3.63, 3.8) is 0 Å². The summed E-state index contributed by atoms with van der Waals surface area (Å²) in [6.07, 6.45) is 16.8. The molecule has 468 valence electrons. The number of aliphatic carboxylic acids is 1. The lowest BCUT2D eigenvalue weighted by Crippen LogP contribution is -2.65. The van der Waals surface area contributed by atoms with Crippen LogP contribution in [0.2, 0.25) is 0 Å². The van der Waals surface area contributed by atoms with Crippen molar-refractivity contribution in [2.75, 3.05) is 32.9 Å². The van der Waals surface area contributed by atoms with E-state index >= 15 is 4.79 Å². The van der Waals surface area contributed by atoms with Crippen LogP contribution >= 0.6 is 8.25 Å². The number of carbonyl (C=O) groups is 6. The maximum Gasteiger partial charge on any atom is 0.694 e. The van der Waals surface area contributed by atoms with Gasteiger partial charge in [0.2, 0.25) is 17.7 Å². The average Bonchev–Trinajstić information content (AvgIpc) is 3.41. The van der Waals surface area contributed by atoms with E-state index in [4.69, 9.17) is 41.0 Å². The van der Waals surface area contributed by atoms with Gasteiger partial charge in [0.1, 0.15) is 37.0 Å². The third kappa shape index (κ3) is 35.5. The Kier molecular flexibility index (Phi) is 45.9. The standard InChI is InChI=1S/C54H100N4O15.C2H6NO3P/c1-6-8-10-12-14-16-18-20-22-24-26-28-30-32-45(62)71-44(37-60)49(73-46(63)33-31-29-27-25-23-21-19-17-15-13-11-9-7-2)41(34-42(55)51(56)65)52(66)58(39(4)53(67)68)35-38(3)70-50-47(57-40(5)61)54(69)72-43(36-59)48(50)64;3-1-2-6-7(4)5/h38-39,41-44,47-50,54,59-60,64,69H,6-37,55H2,1-5H3,(H2,56,65)(H,57,61)(H,67,68);1-3H2/p+1/t38?,39-,41?,42-,43+,44-,47+,48+,49?,50+,54-;/m0./s1. The first-order chi connectivity index (χ1) is 38.2. The fourth-order valence-electron chi connectivity index (χ4n) is 9.54.